The standard InChI is InChI=1S/C19H28N4S/c1-2-11-20-12-10-17-15-24-19(22-17)21-16-6-8-18(9-7-16)23-13-4-3-5-14-23/h6-9,15,20H,2-5,10-14H2,1H3,(H,21,22). The van der Waals surface area contributed by atoms with Crippen LogP contribution in [0.5, 0.6) is 0 Å². The largest absolute Gasteiger partial charge is 0.372 e. The Bertz CT molecular complexity index is 602. The first-order valence-corrected chi connectivity index (χ1v) is 10.0. The van der Waals surface area contributed by atoms with Gasteiger partial charge in [0.1, 0.15) is 0 Å². The molecule has 1 aliphatic heterocycles. The Balaban J connectivity index is 1.51. The van der Waals surface area contributed by atoms with Gasteiger partial charge in [0.05, 0.1) is 5.69 Å². The Morgan fingerprint density at radius 2 is 1.88 bits per heavy atom. The average molecular weight is 345 g/mol. The molecule has 4 nitrogen and oxygen atoms in total. The summed E-state index contributed by atoms with van der Waals surface area (Å²) in [7, 11) is 0. The fraction of sp³-hybridized carbons (Fsp3) is 0.526. The second-order valence-corrected chi connectivity index (χ2v) is 7.22. The molecule has 1 fully saturated rings. The van der Waals surface area contributed by atoms with E-state index < -0.39 is 0 Å². The van der Waals surface area contributed by atoms with Crippen molar-refractivity contribution in [2.45, 2.75) is 39.0 Å². The molecule has 0 atom stereocenters. The summed E-state index contributed by atoms with van der Waals surface area (Å²) in [6, 6.07) is 8.76. The van der Waals surface area contributed by atoms with Gasteiger partial charge in [-0.1, -0.05) is 6.92 Å². The van der Waals surface area contributed by atoms with E-state index in [4.69, 9.17) is 0 Å². The minimum absolute atomic E-state index is 0.978. The van der Waals surface area contributed by atoms with Crippen LogP contribution in [-0.2, 0) is 6.42 Å². The minimum atomic E-state index is 0.978. The third-order valence-electron chi connectivity index (χ3n) is 4.38. The molecule has 0 bridgehead atoms. The van der Waals surface area contributed by atoms with Gasteiger partial charge in [0.2, 0.25) is 0 Å². The molecule has 1 aromatic heterocycles. The third kappa shape index (κ3) is 4.95. The predicted molar refractivity (Wildman–Crippen MR) is 105 cm³/mol. The number of hydrogen-bond acceptors (Lipinski definition) is 5. The smallest absolute Gasteiger partial charge is 0.187 e. The second kappa shape index (κ2) is 9.04. The lowest BCUT2D eigenvalue weighted by molar-refractivity contribution is 0.578. The van der Waals surface area contributed by atoms with Crippen LogP contribution in [0.25, 0.3) is 0 Å². The number of thiazole rings is 1. The molecule has 1 aromatic carbocycles. The van der Waals surface area contributed by atoms with Crippen molar-refractivity contribution in [3.8, 4) is 0 Å². The van der Waals surface area contributed by atoms with Crippen LogP contribution in [0, 0.1) is 0 Å². The van der Waals surface area contributed by atoms with Crippen LogP contribution in [0.3, 0.4) is 0 Å². The maximum Gasteiger partial charge on any atom is 0.187 e. The number of hydrogen-bond donors (Lipinski definition) is 2. The molecular weight excluding hydrogens is 316 g/mol. The van der Waals surface area contributed by atoms with E-state index in [1.807, 2.05) is 0 Å². The Labute approximate surface area is 149 Å². The predicted octanol–water partition coefficient (Wildman–Crippen LogP) is 4.42. The molecule has 0 unspecified atom stereocenters. The summed E-state index contributed by atoms with van der Waals surface area (Å²) in [4.78, 5) is 7.16. The van der Waals surface area contributed by atoms with Crippen molar-refractivity contribution in [3.05, 3.63) is 35.3 Å². The third-order valence-corrected chi connectivity index (χ3v) is 5.18. The van der Waals surface area contributed by atoms with Crippen LogP contribution >= 0.6 is 11.3 Å². The van der Waals surface area contributed by atoms with Crippen molar-refractivity contribution < 1.29 is 0 Å². The van der Waals surface area contributed by atoms with Gasteiger partial charge in [-0.15, -0.1) is 11.3 Å². The summed E-state index contributed by atoms with van der Waals surface area (Å²) < 4.78 is 0. The van der Waals surface area contributed by atoms with E-state index in [-0.39, 0.29) is 0 Å². The number of piperidine rings is 1. The Kier molecular flexibility index (Phi) is 6.49. The summed E-state index contributed by atoms with van der Waals surface area (Å²) >= 11 is 1.68. The first-order chi connectivity index (χ1) is 11.8. The summed E-state index contributed by atoms with van der Waals surface area (Å²) in [5.74, 6) is 0. The van der Waals surface area contributed by atoms with Gasteiger partial charge in [-0.25, -0.2) is 4.98 Å². The number of benzene rings is 1. The average Bonchev–Trinajstić information content (AvgIpc) is 3.07. The van der Waals surface area contributed by atoms with Crippen LogP contribution < -0.4 is 15.5 Å². The van der Waals surface area contributed by atoms with E-state index in [1.54, 1.807) is 11.3 Å². The SMILES string of the molecule is CCCNCCc1csc(Nc2ccc(N3CCCCC3)cc2)n1. The number of nitrogens with one attached hydrogen (secondary N) is 2. The summed E-state index contributed by atoms with van der Waals surface area (Å²) in [6.07, 6.45) is 6.17. The summed E-state index contributed by atoms with van der Waals surface area (Å²) in [5.41, 5.74) is 3.61. The Hall–Kier alpha value is -1.59. The topological polar surface area (TPSA) is 40.2 Å². The number of nitrogens with zero attached hydrogens (tertiary/aromatic N) is 2. The summed E-state index contributed by atoms with van der Waals surface area (Å²) in [5, 5.41) is 9.97. The van der Waals surface area contributed by atoms with E-state index in [9.17, 15) is 0 Å². The lowest BCUT2D eigenvalue weighted by atomic mass is 10.1. The fourth-order valence-electron chi connectivity index (χ4n) is 3.03. The fourth-order valence-corrected chi connectivity index (χ4v) is 3.79. The molecule has 3 rings (SSSR count). The highest BCUT2D eigenvalue weighted by Gasteiger charge is 2.10. The highest BCUT2D eigenvalue weighted by atomic mass is 32.1. The maximum atomic E-state index is 4.67. The van der Waals surface area contributed by atoms with Crippen molar-refractivity contribution in [3.63, 3.8) is 0 Å². The van der Waals surface area contributed by atoms with Crippen molar-refractivity contribution in [2.75, 3.05) is 36.4 Å². The molecule has 0 aliphatic carbocycles. The molecule has 24 heavy (non-hydrogen) atoms. The molecule has 2 heterocycles. The van der Waals surface area contributed by atoms with Crippen molar-refractivity contribution in [1.82, 2.24) is 10.3 Å². The molecule has 2 aromatic rings. The molecule has 0 saturated carbocycles. The van der Waals surface area contributed by atoms with E-state index in [0.717, 1.165) is 36.0 Å². The molecule has 2 N–H and O–H groups in total. The number of rotatable bonds is 8. The van der Waals surface area contributed by atoms with E-state index in [0.29, 0.717) is 0 Å². The minimum Gasteiger partial charge on any atom is -0.372 e. The zero-order valence-corrected chi connectivity index (χ0v) is 15.4. The summed E-state index contributed by atoms with van der Waals surface area (Å²) in [6.45, 7) is 6.65. The van der Waals surface area contributed by atoms with Gasteiger partial charge in [-0.05, 0) is 56.5 Å². The molecule has 0 spiro atoms. The van der Waals surface area contributed by atoms with Crippen molar-refractivity contribution in [2.24, 2.45) is 0 Å². The number of anilines is 3. The van der Waals surface area contributed by atoms with E-state index in [2.05, 4.69) is 57.1 Å². The lowest BCUT2D eigenvalue weighted by Crippen LogP contribution is -2.29. The molecule has 5 heteroatoms. The van der Waals surface area contributed by atoms with Crippen LogP contribution in [0.2, 0.25) is 0 Å². The lowest BCUT2D eigenvalue weighted by Gasteiger charge is -2.28. The Morgan fingerprint density at radius 3 is 2.62 bits per heavy atom. The van der Waals surface area contributed by atoms with Crippen LogP contribution in [0.4, 0.5) is 16.5 Å². The van der Waals surface area contributed by atoms with Crippen LogP contribution in [0.1, 0.15) is 38.3 Å². The van der Waals surface area contributed by atoms with Crippen LogP contribution in [-0.4, -0.2) is 31.2 Å². The van der Waals surface area contributed by atoms with Gasteiger partial charge in [0.25, 0.3) is 0 Å². The van der Waals surface area contributed by atoms with Crippen molar-refractivity contribution >= 4 is 27.8 Å². The first kappa shape index (κ1) is 17.2. The zero-order valence-electron chi connectivity index (χ0n) is 14.6. The van der Waals surface area contributed by atoms with Gasteiger partial charge in [0.15, 0.2) is 5.13 Å². The van der Waals surface area contributed by atoms with Gasteiger partial charge in [-0.3, -0.25) is 0 Å². The van der Waals surface area contributed by atoms with Gasteiger partial charge in [0, 0.05) is 42.8 Å². The van der Waals surface area contributed by atoms with Crippen molar-refractivity contribution in [1.29, 1.82) is 0 Å². The molecule has 0 amide bonds. The number of aromatic nitrogens is 1. The van der Waals surface area contributed by atoms with E-state index >= 15 is 0 Å². The van der Waals surface area contributed by atoms with E-state index in [1.165, 1.54) is 44.5 Å². The van der Waals surface area contributed by atoms with Gasteiger partial charge in [-0.2, -0.15) is 0 Å². The molecular formula is C19H28N4S. The highest BCUT2D eigenvalue weighted by Crippen LogP contribution is 2.25. The second-order valence-electron chi connectivity index (χ2n) is 6.36. The quantitative estimate of drug-likeness (QED) is 0.696. The molecule has 0 radical (unpaired) electrons. The van der Waals surface area contributed by atoms with Crippen LogP contribution in [0.15, 0.2) is 29.6 Å². The molecule has 1 saturated heterocycles. The van der Waals surface area contributed by atoms with Gasteiger partial charge >= 0.3 is 0 Å². The Morgan fingerprint density at radius 1 is 1.08 bits per heavy atom. The van der Waals surface area contributed by atoms with Gasteiger partial charge < -0.3 is 15.5 Å². The zero-order chi connectivity index (χ0) is 16.6. The molecule has 130 valence electrons. The molecule has 1 aliphatic rings. The normalized spacial score (nSPS) is 14.8. The maximum absolute atomic E-state index is 4.67. The first-order valence-electron chi connectivity index (χ1n) is 9.12. The monoisotopic (exact) mass is 344 g/mol. The highest BCUT2D eigenvalue weighted by molar-refractivity contribution is 7.13.